The Hall–Kier alpha value is -1.49. The summed E-state index contributed by atoms with van der Waals surface area (Å²) in [5.41, 5.74) is 6.31. The fraction of sp³-hybridized carbons (Fsp3) is 0. The standard InChI is InChI=1S/C9H8BrN3O/c10-8-7(14)9(11)12-13(8)6-4-2-1-3-5-6/h1-5,14H,(H2,11,12). The Bertz CT molecular complexity index is 453. The molecule has 0 fully saturated rings. The van der Waals surface area contributed by atoms with Crippen molar-refractivity contribution >= 4 is 21.7 Å². The number of anilines is 1. The van der Waals surface area contributed by atoms with E-state index in [0.717, 1.165) is 5.69 Å². The second-order valence-corrected chi connectivity index (χ2v) is 3.52. The molecule has 0 aliphatic carbocycles. The lowest BCUT2D eigenvalue weighted by Gasteiger charge is -2.00. The number of halogens is 1. The molecule has 1 aromatic carbocycles. The number of aromatic hydroxyl groups is 1. The average molecular weight is 254 g/mol. The number of para-hydroxylation sites is 1. The number of nitrogen functional groups attached to an aromatic ring is 1. The predicted octanol–water partition coefficient (Wildman–Crippen LogP) is 1.92. The number of nitrogens with two attached hydrogens (primary N) is 1. The molecule has 0 aliphatic rings. The highest BCUT2D eigenvalue weighted by atomic mass is 79.9. The van der Waals surface area contributed by atoms with Gasteiger partial charge in [0.15, 0.2) is 16.2 Å². The highest BCUT2D eigenvalue weighted by Gasteiger charge is 2.12. The molecule has 0 aliphatic heterocycles. The molecular formula is C9H8BrN3O. The van der Waals surface area contributed by atoms with Crippen LogP contribution in [0.5, 0.6) is 5.75 Å². The first kappa shape index (κ1) is 9.08. The molecule has 0 spiro atoms. The molecule has 14 heavy (non-hydrogen) atoms. The van der Waals surface area contributed by atoms with Gasteiger partial charge in [0.2, 0.25) is 0 Å². The smallest absolute Gasteiger partial charge is 0.193 e. The second kappa shape index (κ2) is 3.34. The number of hydrogen-bond acceptors (Lipinski definition) is 3. The summed E-state index contributed by atoms with van der Waals surface area (Å²) in [6.45, 7) is 0. The summed E-state index contributed by atoms with van der Waals surface area (Å²) >= 11 is 3.21. The van der Waals surface area contributed by atoms with Gasteiger partial charge in [-0.2, -0.15) is 0 Å². The Labute approximate surface area is 89.1 Å². The molecule has 0 radical (unpaired) electrons. The highest BCUT2D eigenvalue weighted by molar-refractivity contribution is 9.10. The Kier molecular flexibility index (Phi) is 2.17. The summed E-state index contributed by atoms with van der Waals surface area (Å²) in [5.74, 6) is 0.0783. The average Bonchev–Trinajstić information content (AvgIpc) is 2.47. The van der Waals surface area contributed by atoms with E-state index in [4.69, 9.17) is 5.73 Å². The first-order valence-corrected chi connectivity index (χ1v) is 4.78. The van der Waals surface area contributed by atoms with Crippen LogP contribution in [0.25, 0.3) is 5.69 Å². The van der Waals surface area contributed by atoms with Crippen molar-refractivity contribution in [2.24, 2.45) is 0 Å². The van der Waals surface area contributed by atoms with E-state index in [-0.39, 0.29) is 11.6 Å². The van der Waals surface area contributed by atoms with E-state index in [2.05, 4.69) is 21.0 Å². The molecule has 4 nitrogen and oxygen atoms in total. The van der Waals surface area contributed by atoms with Crippen LogP contribution in [0.4, 0.5) is 5.82 Å². The highest BCUT2D eigenvalue weighted by Crippen LogP contribution is 2.31. The van der Waals surface area contributed by atoms with Crippen molar-refractivity contribution in [1.29, 1.82) is 0 Å². The largest absolute Gasteiger partial charge is 0.502 e. The number of rotatable bonds is 1. The normalized spacial score (nSPS) is 10.4. The lowest BCUT2D eigenvalue weighted by molar-refractivity contribution is 0.473. The molecule has 0 amide bonds. The van der Waals surface area contributed by atoms with Gasteiger partial charge < -0.3 is 10.8 Å². The molecule has 0 atom stereocenters. The fourth-order valence-corrected chi connectivity index (χ4v) is 1.63. The van der Waals surface area contributed by atoms with Gasteiger partial charge in [-0.1, -0.05) is 18.2 Å². The molecule has 1 heterocycles. The van der Waals surface area contributed by atoms with Gasteiger partial charge in [-0.05, 0) is 28.1 Å². The molecule has 2 aromatic rings. The summed E-state index contributed by atoms with van der Waals surface area (Å²) in [7, 11) is 0. The third-order valence-corrected chi connectivity index (χ3v) is 2.54. The first-order chi connectivity index (χ1) is 6.70. The van der Waals surface area contributed by atoms with Crippen LogP contribution in [-0.2, 0) is 0 Å². The summed E-state index contributed by atoms with van der Waals surface area (Å²) in [6.07, 6.45) is 0. The lowest BCUT2D eigenvalue weighted by atomic mass is 10.3. The molecule has 2 rings (SSSR count). The maximum Gasteiger partial charge on any atom is 0.193 e. The zero-order valence-electron chi connectivity index (χ0n) is 7.18. The molecule has 0 unspecified atom stereocenters. The monoisotopic (exact) mass is 253 g/mol. The van der Waals surface area contributed by atoms with Crippen LogP contribution in [0.3, 0.4) is 0 Å². The van der Waals surface area contributed by atoms with Gasteiger partial charge in [0.25, 0.3) is 0 Å². The van der Waals surface area contributed by atoms with E-state index in [1.54, 1.807) is 0 Å². The quantitative estimate of drug-likeness (QED) is 0.817. The molecule has 0 saturated carbocycles. The van der Waals surface area contributed by atoms with Gasteiger partial charge in [0.1, 0.15) is 0 Å². The maximum atomic E-state index is 9.43. The molecule has 0 saturated heterocycles. The molecule has 1 aromatic heterocycles. The molecule has 0 bridgehead atoms. The van der Waals surface area contributed by atoms with Crippen LogP contribution >= 0.6 is 15.9 Å². The van der Waals surface area contributed by atoms with E-state index in [1.165, 1.54) is 4.68 Å². The van der Waals surface area contributed by atoms with E-state index < -0.39 is 0 Å². The minimum Gasteiger partial charge on any atom is -0.502 e. The third-order valence-electron chi connectivity index (χ3n) is 1.83. The van der Waals surface area contributed by atoms with Crippen molar-refractivity contribution in [1.82, 2.24) is 9.78 Å². The summed E-state index contributed by atoms with van der Waals surface area (Å²) in [6, 6.07) is 9.42. The van der Waals surface area contributed by atoms with Crippen LogP contribution < -0.4 is 5.73 Å². The number of nitrogens with zero attached hydrogens (tertiary/aromatic N) is 2. The maximum absolute atomic E-state index is 9.43. The third kappa shape index (κ3) is 1.35. The minimum atomic E-state index is -0.0335. The van der Waals surface area contributed by atoms with Gasteiger partial charge in [-0.3, -0.25) is 0 Å². The van der Waals surface area contributed by atoms with Crippen molar-refractivity contribution in [3.05, 3.63) is 34.9 Å². The Morgan fingerprint density at radius 1 is 1.29 bits per heavy atom. The van der Waals surface area contributed by atoms with E-state index in [0.29, 0.717) is 4.60 Å². The molecule has 3 N–H and O–H groups in total. The zero-order valence-corrected chi connectivity index (χ0v) is 8.77. The van der Waals surface area contributed by atoms with Gasteiger partial charge in [-0.25, -0.2) is 4.68 Å². The lowest BCUT2D eigenvalue weighted by Crippen LogP contribution is -1.96. The minimum absolute atomic E-state index is 0.0335. The van der Waals surface area contributed by atoms with Crippen LogP contribution in [0.2, 0.25) is 0 Å². The first-order valence-electron chi connectivity index (χ1n) is 3.98. The van der Waals surface area contributed by atoms with Crippen molar-refractivity contribution in [3.63, 3.8) is 0 Å². The van der Waals surface area contributed by atoms with Gasteiger partial charge in [-0.15, -0.1) is 5.10 Å². The Balaban J connectivity index is 2.58. The Morgan fingerprint density at radius 3 is 2.43 bits per heavy atom. The number of aromatic nitrogens is 2. The van der Waals surface area contributed by atoms with Gasteiger partial charge in [0, 0.05) is 0 Å². The van der Waals surface area contributed by atoms with Crippen LogP contribution in [0.15, 0.2) is 34.9 Å². The van der Waals surface area contributed by atoms with Crippen molar-refractivity contribution in [2.45, 2.75) is 0 Å². The molecule has 72 valence electrons. The van der Waals surface area contributed by atoms with Crippen molar-refractivity contribution < 1.29 is 5.11 Å². The Morgan fingerprint density at radius 2 is 1.93 bits per heavy atom. The van der Waals surface area contributed by atoms with E-state index >= 15 is 0 Å². The van der Waals surface area contributed by atoms with Crippen LogP contribution in [0, 0.1) is 0 Å². The van der Waals surface area contributed by atoms with Gasteiger partial charge >= 0.3 is 0 Å². The molecular weight excluding hydrogens is 246 g/mol. The van der Waals surface area contributed by atoms with Gasteiger partial charge in [0.05, 0.1) is 5.69 Å². The SMILES string of the molecule is Nc1nn(-c2ccccc2)c(Br)c1O. The van der Waals surface area contributed by atoms with E-state index in [1.807, 2.05) is 30.3 Å². The summed E-state index contributed by atoms with van der Waals surface area (Å²) < 4.78 is 1.99. The van der Waals surface area contributed by atoms with Crippen LogP contribution in [-0.4, -0.2) is 14.9 Å². The van der Waals surface area contributed by atoms with Crippen LogP contribution in [0.1, 0.15) is 0 Å². The second-order valence-electron chi connectivity index (χ2n) is 2.77. The van der Waals surface area contributed by atoms with Crippen molar-refractivity contribution in [2.75, 3.05) is 5.73 Å². The number of benzene rings is 1. The molecule has 5 heteroatoms. The summed E-state index contributed by atoms with van der Waals surface area (Å²) in [5, 5.41) is 13.4. The topological polar surface area (TPSA) is 64.1 Å². The van der Waals surface area contributed by atoms with Crippen molar-refractivity contribution in [3.8, 4) is 11.4 Å². The number of hydrogen-bond donors (Lipinski definition) is 2. The fourth-order valence-electron chi connectivity index (χ4n) is 1.15. The predicted molar refractivity (Wildman–Crippen MR) is 57.3 cm³/mol. The zero-order chi connectivity index (χ0) is 10.1. The van der Waals surface area contributed by atoms with E-state index in [9.17, 15) is 5.11 Å². The summed E-state index contributed by atoms with van der Waals surface area (Å²) in [4.78, 5) is 0.